The van der Waals surface area contributed by atoms with Crippen LogP contribution in [0.25, 0.3) is 11.3 Å². The fraction of sp³-hybridized carbons (Fsp3) is 0.214. The van der Waals surface area contributed by atoms with Gasteiger partial charge in [-0.15, -0.1) is 0 Å². The molecule has 21 heavy (non-hydrogen) atoms. The maximum atomic E-state index is 13.3. The summed E-state index contributed by atoms with van der Waals surface area (Å²) in [6, 6.07) is 3.01. The molecule has 2 rings (SSSR count). The minimum absolute atomic E-state index is 0.0162. The Morgan fingerprint density at radius 1 is 1.33 bits per heavy atom. The van der Waals surface area contributed by atoms with Gasteiger partial charge >= 0.3 is 11.7 Å². The molecule has 110 valence electrons. The van der Waals surface area contributed by atoms with Crippen LogP contribution < -0.4 is 5.69 Å². The predicted molar refractivity (Wildman–Crippen MR) is 70.9 cm³/mol. The average Bonchev–Trinajstić information content (AvgIpc) is 2.41. The Morgan fingerprint density at radius 3 is 2.67 bits per heavy atom. The molecule has 0 spiro atoms. The first-order valence-corrected chi connectivity index (χ1v) is 6.17. The number of hydrogen-bond acceptors (Lipinski definition) is 4. The molecule has 0 bridgehead atoms. The van der Waals surface area contributed by atoms with Gasteiger partial charge in [-0.1, -0.05) is 0 Å². The Hall–Kier alpha value is -2.57. The number of aromatic amines is 1. The molecule has 0 saturated heterocycles. The number of hydrogen-bond donors (Lipinski definition) is 1. The number of H-pyrrole nitrogens is 1. The fourth-order valence-corrected chi connectivity index (χ4v) is 1.89. The van der Waals surface area contributed by atoms with E-state index in [-0.39, 0.29) is 29.1 Å². The van der Waals surface area contributed by atoms with Gasteiger partial charge in [0.25, 0.3) is 0 Å². The summed E-state index contributed by atoms with van der Waals surface area (Å²) >= 11 is 0. The molecule has 1 heterocycles. The molecule has 0 atom stereocenters. The van der Waals surface area contributed by atoms with Crippen LogP contribution in [-0.2, 0) is 4.74 Å². The van der Waals surface area contributed by atoms with Gasteiger partial charge in [0, 0.05) is 11.3 Å². The van der Waals surface area contributed by atoms with Gasteiger partial charge in [0.05, 0.1) is 12.3 Å². The first kappa shape index (κ1) is 14.8. The van der Waals surface area contributed by atoms with Crippen molar-refractivity contribution in [3.05, 3.63) is 51.6 Å². The van der Waals surface area contributed by atoms with E-state index in [4.69, 9.17) is 4.74 Å². The number of benzene rings is 1. The summed E-state index contributed by atoms with van der Waals surface area (Å²) < 4.78 is 31.2. The molecule has 5 nitrogen and oxygen atoms in total. The van der Waals surface area contributed by atoms with E-state index in [2.05, 4.69) is 9.97 Å². The van der Waals surface area contributed by atoms with Crippen LogP contribution in [0.4, 0.5) is 8.78 Å². The van der Waals surface area contributed by atoms with Gasteiger partial charge in [0.1, 0.15) is 5.56 Å². The second-order valence-corrected chi connectivity index (χ2v) is 4.24. The number of carbonyl (C=O) groups is 1. The van der Waals surface area contributed by atoms with Crippen molar-refractivity contribution in [2.45, 2.75) is 13.8 Å². The number of halogens is 2. The maximum Gasteiger partial charge on any atom is 0.345 e. The molecular formula is C14H12F2N2O3. The summed E-state index contributed by atoms with van der Waals surface area (Å²) in [4.78, 5) is 29.5. The van der Waals surface area contributed by atoms with E-state index >= 15 is 0 Å². The van der Waals surface area contributed by atoms with Gasteiger partial charge in [-0.2, -0.15) is 4.98 Å². The molecule has 1 aromatic carbocycles. The molecule has 0 aliphatic rings. The Balaban J connectivity index is 2.68. The lowest BCUT2D eigenvalue weighted by Gasteiger charge is -2.10. The lowest BCUT2D eigenvalue weighted by atomic mass is 10.0. The van der Waals surface area contributed by atoms with Crippen LogP contribution in [0.1, 0.15) is 23.0 Å². The quantitative estimate of drug-likeness (QED) is 0.881. The molecule has 1 N–H and O–H groups in total. The summed E-state index contributed by atoms with van der Waals surface area (Å²) in [5.74, 6) is -2.82. The van der Waals surface area contributed by atoms with Crippen molar-refractivity contribution in [2.24, 2.45) is 0 Å². The Kier molecular flexibility index (Phi) is 4.11. The molecule has 0 radical (unpaired) electrons. The van der Waals surface area contributed by atoms with Crippen LogP contribution in [0.3, 0.4) is 0 Å². The zero-order valence-corrected chi connectivity index (χ0v) is 11.4. The highest BCUT2D eigenvalue weighted by Crippen LogP contribution is 2.24. The minimum Gasteiger partial charge on any atom is -0.462 e. The van der Waals surface area contributed by atoms with Crippen LogP contribution in [0.5, 0.6) is 0 Å². The van der Waals surface area contributed by atoms with Crippen LogP contribution >= 0.6 is 0 Å². The maximum absolute atomic E-state index is 13.3. The second kappa shape index (κ2) is 5.82. The van der Waals surface area contributed by atoms with E-state index in [1.54, 1.807) is 6.92 Å². The van der Waals surface area contributed by atoms with Crippen molar-refractivity contribution < 1.29 is 18.3 Å². The van der Waals surface area contributed by atoms with Gasteiger partial charge in [-0.05, 0) is 32.0 Å². The van der Waals surface area contributed by atoms with Crippen LogP contribution in [0.2, 0.25) is 0 Å². The number of nitrogens with zero attached hydrogens (tertiary/aromatic N) is 1. The molecule has 2 aromatic rings. The van der Waals surface area contributed by atoms with Gasteiger partial charge in [0.2, 0.25) is 0 Å². The zero-order valence-electron chi connectivity index (χ0n) is 11.4. The third kappa shape index (κ3) is 2.96. The van der Waals surface area contributed by atoms with Crippen molar-refractivity contribution in [2.75, 3.05) is 6.61 Å². The lowest BCUT2D eigenvalue weighted by Crippen LogP contribution is -2.19. The molecular weight excluding hydrogens is 282 g/mol. The molecule has 0 fully saturated rings. The van der Waals surface area contributed by atoms with E-state index in [1.165, 1.54) is 13.0 Å². The minimum atomic E-state index is -1.10. The van der Waals surface area contributed by atoms with Gasteiger partial charge < -0.3 is 9.72 Å². The summed E-state index contributed by atoms with van der Waals surface area (Å²) in [5, 5.41) is 0. The zero-order chi connectivity index (χ0) is 15.6. The van der Waals surface area contributed by atoms with E-state index in [1.807, 2.05) is 0 Å². The normalized spacial score (nSPS) is 10.5. The topological polar surface area (TPSA) is 72.0 Å². The van der Waals surface area contributed by atoms with Crippen LogP contribution in [0.15, 0.2) is 23.0 Å². The van der Waals surface area contributed by atoms with Gasteiger partial charge in [0.15, 0.2) is 11.6 Å². The summed E-state index contributed by atoms with van der Waals surface area (Å²) in [6.45, 7) is 3.26. The number of rotatable bonds is 3. The second-order valence-electron chi connectivity index (χ2n) is 4.24. The molecule has 0 saturated carbocycles. The molecule has 0 aliphatic carbocycles. The Bertz CT molecular complexity index is 756. The highest BCUT2D eigenvalue weighted by atomic mass is 19.2. The van der Waals surface area contributed by atoms with Crippen molar-refractivity contribution in [1.82, 2.24) is 9.97 Å². The third-order valence-corrected chi connectivity index (χ3v) is 2.79. The fourth-order valence-electron chi connectivity index (χ4n) is 1.89. The number of esters is 1. The monoisotopic (exact) mass is 294 g/mol. The molecule has 7 heteroatoms. The SMILES string of the molecule is CCOC(=O)c1c(-c2ccc(F)c(F)c2)nc(=O)[nH]c1C. The average molecular weight is 294 g/mol. The summed E-state index contributed by atoms with van der Waals surface area (Å²) in [6.07, 6.45) is 0. The summed E-state index contributed by atoms with van der Waals surface area (Å²) in [5.41, 5.74) is -0.365. The van der Waals surface area contributed by atoms with Crippen LogP contribution in [0, 0.1) is 18.6 Å². The van der Waals surface area contributed by atoms with E-state index in [0.29, 0.717) is 0 Å². The van der Waals surface area contributed by atoms with Crippen molar-refractivity contribution in [3.63, 3.8) is 0 Å². The van der Waals surface area contributed by atoms with Gasteiger partial charge in [-0.3, -0.25) is 0 Å². The summed E-state index contributed by atoms with van der Waals surface area (Å²) in [7, 11) is 0. The molecule has 0 aliphatic heterocycles. The van der Waals surface area contributed by atoms with Crippen molar-refractivity contribution in [3.8, 4) is 11.3 Å². The molecule has 0 unspecified atom stereocenters. The number of nitrogens with one attached hydrogen (secondary N) is 1. The van der Waals surface area contributed by atoms with E-state index in [0.717, 1.165) is 12.1 Å². The number of aryl methyl sites for hydroxylation is 1. The van der Waals surface area contributed by atoms with Crippen LogP contribution in [-0.4, -0.2) is 22.5 Å². The standard InChI is InChI=1S/C14H12F2N2O3/c1-3-21-13(19)11-7(2)17-14(20)18-12(11)8-4-5-9(15)10(16)6-8/h4-6H,3H2,1-2H3,(H,17,18,20). The molecule has 1 aromatic heterocycles. The highest BCUT2D eigenvalue weighted by Gasteiger charge is 2.20. The predicted octanol–water partition coefficient (Wildman–Crippen LogP) is 2.20. The van der Waals surface area contributed by atoms with Gasteiger partial charge in [-0.25, -0.2) is 18.4 Å². The lowest BCUT2D eigenvalue weighted by molar-refractivity contribution is 0.0525. The Morgan fingerprint density at radius 2 is 2.05 bits per heavy atom. The smallest absolute Gasteiger partial charge is 0.345 e. The highest BCUT2D eigenvalue weighted by molar-refractivity contribution is 5.97. The van der Waals surface area contributed by atoms with E-state index in [9.17, 15) is 18.4 Å². The first-order valence-electron chi connectivity index (χ1n) is 6.17. The number of carbonyl (C=O) groups excluding carboxylic acids is 1. The third-order valence-electron chi connectivity index (χ3n) is 2.79. The van der Waals surface area contributed by atoms with Crippen molar-refractivity contribution >= 4 is 5.97 Å². The largest absolute Gasteiger partial charge is 0.462 e. The van der Waals surface area contributed by atoms with Crippen molar-refractivity contribution in [1.29, 1.82) is 0 Å². The number of aromatic nitrogens is 2. The number of ether oxygens (including phenoxy) is 1. The first-order chi connectivity index (χ1) is 9.93. The van der Waals surface area contributed by atoms with E-state index < -0.39 is 23.3 Å². The Labute approximate surface area is 118 Å². The molecule has 0 amide bonds.